The Hall–Kier alpha value is -2.67. The molecule has 0 aromatic carbocycles. The molecule has 124 valence electrons. The Balaban J connectivity index is 1.46. The van der Waals surface area contributed by atoms with Gasteiger partial charge in [-0.05, 0) is 25.0 Å². The summed E-state index contributed by atoms with van der Waals surface area (Å²) >= 11 is 0. The van der Waals surface area contributed by atoms with E-state index in [1.807, 2.05) is 12.5 Å². The second kappa shape index (κ2) is 6.45. The number of hydrogen-bond acceptors (Lipinski definition) is 6. The molecule has 1 aliphatic heterocycles. The minimum Gasteiger partial charge on any atom is -0.461 e. The number of hydrogen-bond donors (Lipinski definition) is 0. The van der Waals surface area contributed by atoms with Gasteiger partial charge >= 0.3 is 0 Å². The number of carbonyl (C=O) groups is 1. The monoisotopic (exact) mass is 326 g/mol. The van der Waals surface area contributed by atoms with Gasteiger partial charge in [-0.2, -0.15) is 0 Å². The highest BCUT2D eigenvalue weighted by atomic mass is 16.5. The maximum Gasteiger partial charge on any atom is 0.202 e. The highest BCUT2D eigenvalue weighted by Gasteiger charge is 2.28. The van der Waals surface area contributed by atoms with Crippen LogP contribution in [0, 0.1) is 0 Å². The Labute approximate surface area is 138 Å². The van der Waals surface area contributed by atoms with Crippen molar-refractivity contribution in [2.45, 2.75) is 24.9 Å². The van der Waals surface area contributed by atoms with E-state index in [1.165, 1.54) is 0 Å². The van der Waals surface area contributed by atoms with Crippen molar-refractivity contribution in [3.8, 4) is 11.5 Å². The van der Waals surface area contributed by atoms with Crippen LogP contribution in [0.25, 0.3) is 11.5 Å². The van der Waals surface area contributed by atoms with Crippen LogP contribution in [-0.2, 0) is 4.79 Å². The molecule has 0 amide bonds. The molecule has 1 fully saturated rings. The predicted octanol–water partition coefficient (Wildman–Crippen LogP) is 2.71. The fourth-order valence-corrected chi connectivity index (χ4v) is 3.25. The summed E-state index contributed by atoms with van der Waals surface area (Å²) in [5.41, 5.74) is 0.623. The first kappa shape index (κ1) is 14.9. The fourth-order valence-electron chi connectivity index (χ4n) is 3.25. The molecule has 1 atom stereocenters. The highest BCUT2D eigenvalue weighted by molar-refractivity contribution is 5.62. The van der Waals surface area contributed by atoms with Gasteiger partial charge in [0.15, 0.2) is 5.76 Å². The molecule has 4 heterocycles. The van der Waals surface area contributed by atoms with Gasteiger partial charge in [0.25, 0.3) is 0 Å². The molecule has 0 aliphatic carbocycles. The lowest BCUT2D eigenvalue weighted by molar-refractivity contribution is -0.113. The zero-order chi connectivity index (χ0) is 16.4. The standard InChI is InChI=1S/C17H18N4O3/c22-11-15(14-10-17(24-19-14)16-2-1-9-23-16)20-6-3-13(4-7-20)21-8-5-18-12-21/h1-2,5,8-13,15H,3-4,6-7H2. The molecule has 7 heteroatoms. The van der Waals surface area contributed by atoms with Crippen LogP contribution in [-0.4, -0.2) is 39.0 Å². The molecule has 0 radical (unpaired) electrons. The van der Waals surface area contributed by atoms with E-state index < -0.39 is 0 Å². The number of piperidine rings is 1. The quantitative estimate of drug-likeness (QED) is 0.671. The number of likely N-dealkylation sites (tertiary alicyclic amines) is 1. The minimum absolute atomic E-state index is 0.388. The number of rotatable bonds is 5. The summed E-state index contributed by atoms with van der Waals surface area (Å²) in [5.74, 6) is 1.15. The van der Waals surface area contributed by atoms with Crippen molar-refractivity contribution in [1.29, 1.82) is 0 Å². The average molecular weight is 326 g/mol. The zero-order valence-electron chi connectivity index (χ0n) is 13.1. The Kier molecular flexibility index (Phi) is 4.00. The Morgan fingerprint density at radius 1 is 1.29 bits per heavy atom. The van der Waals surface area contributed by atoms with Crippen LogP contribution >= 0.6 is 0 Å². The van der Waals surface area contributed by atoms with E-state index in [0.29, 0.717) is 23.3 Å². The molecule has 7 nitrogen and oxygen atoms in total. The first-order valence-electron chi connectivity index (χ1n) is 8.02. The van der Waals surface area contributed by atoms with Gasteiger partial charge in [-0.15, -0.1) is 0 Å². The Morgan fingerprint density at radius 3 is 2.83 bits per heavy atom. The maximum absolute atomic E-state index is 11.6. The van der Waals surface area contributed by atoms with Crippen molar-refractivity contribution in [2.24, 2.45) is 0 Å². The van der Waals surface area contributed by atoms with Crippen LogP contribution in [0.2, 0.25) is 0 Å². The van der Waals surface area contributed by atoms with Crippen molar-refractivity contribution in [2.75, 3.05) is 13.1 Å². The maximum atomic E-state index is 11.6. The molecule has 1 aliphatic rings. The first-order valence-corrected chi connectivity index (χ1v) is 8.02. The molecule has 1 saturated heterocycles. The van der Waals surface area contributed by atoms with E-state index in [-0.39, 0.29) is 6.04 Å². The zero-order valence-corrected chi connectivity index (χ0v) is 13.1. The molecular formula is C17H18N4O3. The summed E-state index contributed by atoms with van der Waals surface area (Å²) in [7, 11) is 0. The van der Waals surface area contributed by atoms with Gasteiger partial charge in [-0.1, -0.05) is 5.16 Å². The third kappa shape index (κ3) is 2.78. The van der Waals surface area contributed by atoms with Gasteiger partial charge in [0.1, 0.15) is 18.0 Å². The summed E-state index contributed by atoms with van der Waals surface area (Å²) in [6.45, 7) is 1.66. The summed E-state index contributed by atoms with van der Waals surface area (Å²) < 4.78 is 12.8. The number of furan rings is 1. The van der Waals surface area contributed by atoms with E-state index in [4.69, 9.17) is 8.94 Å². The van der Waals surface area contributed by atoms with Gasteiger partial charge in [0.05, 0.1) is 12.6 Å². The lowest BCUT2D eigenvalue weighted by atomic mass is 10.0. The van der Waals surface area contributed by atoms with Crippen LogP contribution in [0.3, 0.4) is 0 Å². The van der Waals surface area contributed by atoms with Crippen LogP contribution in [0.4, 0.5) is 0 Å². The van der Waals surface area contributed by atoms with E-state index in [0.717, 1.165) is 32.2 Å². The van der Waals surface area contributed by atoms with E-state index >= 15 is 0 Å². The molecular weight excluding hydrogens is 308 g/mol. The van der Waals surface area contributed by atoms with E-state index in [9.17, 15) is 4.79 Å². The molecule has 24 heavy (non-hydrogen) atoms. The lowest BCUT2D eigenvalue weighted by Gasteiger charge is -2.34. The number of aromatic nitrogens is 3. The summed E-state index contributed by atoms with van der Waals surface area (Å²) in [6, 6.07) is 5.42. The van der Waals surface area contributed by atoms with Crippen LogP contribution in [0.1, 0.15) is 30.6 Å². The summed E-state index contributed by atoms with van der Waals surface area (Å²) in [4.78, 5) is 17.9. The Morgan fingerprint density at radius 2 is 2.17 bits per heavy atom. The van der Waals surface area contributed by atoms with Gasteiger partial charge < -0.3 is 18.3 Å². The second-order valence-corrected chi connectivity index (χ2v) is 5.95. The number of aldehydes is 1. The van der Waals surface area contributed by atoms with Crippen molar-refractivity contribution in [1.82, 2.24) is 19.6 Å². The third-order valence-corrected chi connectivity index (χ3v) is 4.56. The van der Waals surface area contributed by atoms with Crippen LogP contribution in [0.5, 0.6) is 0 Å². The lowest BCUT2D eigenvalue weighted by Crippen LogP contribution is -2.38. The van der Waals surface area contributed by atoms with Gasteiger partial charge in [-0.3, -0.25) is 4.90 Å². The molecule has 1 unspecified atom stereocenters. The SMILES string of the molecule is O=CC(c1cc(-c2ccco2)on1)N1CCC(n2ccnc2)CC1. The first-order chi connectivity index (χ1) is 11.8. The van der Waals surface area contributed by atoms with Crippen LogP contribution in [0.15, 0.2) is 52.1 Å². The summed E-state index contributed by atoms with van der Waals surface area (Å²) in [5, 5.41) is 4.06. The van der Waals surface area contributed by atoms with E-state index in [1.54, 1.807) is 30.7 Å². The second-order valence-electron chi connectivity index (χ2n) is 5.95. The molecule has 4 rings (SSSR count). The molecule has 0 saturated carbocycles. The van der Waals surface area contributed by atoms with Crippen molar-refractivity contribution >= 4 is 6.29 Å². The van der Waals surface area contributed by atoms with Crippen molar-refractivity contribution < 1.29 is 13.7 Å². The number of imidazole rings is 1. The third-order valence-electron chi connectivity index (χ3n) is 4.56. The van der Waals surface area contributed by atoms with Crippen LogP contribution < -0.4 is 0 Å². The topological polar surface area (TPSA) is 77.3 Å². The molecule has 0 N–H and O–H groups in total. The predicted molar refractivity (Wildman–Crippen MR) is 85.1 cm³/mol. The minimum atomic E-state index is -0.388. The molecule has 0 bridgehead atoms. The highest BCUT2D eigenvalue weighted by Crippen LogP contribution is 2.30. The van der Waals surface area contributed by atoms with Gasteiger partial charge in [-0.25, -0.2) is 4.98 Å². The normalized spacial score (nSPS) is 17.8. The molecule has 3 aromatic heterocycles. The van der Waals surface area contributed by atoms with E-state index in [2.05, 4.69) is 19.6 Å². The Bertz CT molecular complexity index is 771. The largest absolute Gasteiger partial charge is 0.461 e. The smallest absolute Gasteiger partial charge is 0.202 e. The van der Waals surface area contributed by atoms with Crippen molar-refractivity contribution in [3.63, 3.8) is 0 Å². The molecule has 0 spiro atoms. The fraction of sp³-hybridized carbons (Fsp3) is 0.353. The van der Waals surface area contributed by atoms with Crippen molar-refractivity contribution in [3.05, 3.63) is 48.9 Å². The summed E-state index contributed by atoms with van der Waals surface area (Å²) in [6.07, 6.45) is 10.1. The van der Waals surface area contributed by atoms with Gasteiger partial charge in [0.2, 0.25) is 5.76 Å². The molecule has 3 aromatic rings. The number of nitrogens with zero attached hydrogens (tertiary/aromatic N) is 4. The average Bonchev–Trinajstić information content (AvgIpc) is 3.37. The van der Waals surface area contributed by atoms with Gasteiger partial charge in [0, 0.05) is 37.6 Å². The number of carbonyl (C=O) groups excluding carboxylic acids is 1.